The van der Waals surface area contributed by atoms with E-state index in [-0.39, 0.29) is 5.91 Å². The van der Waals surface area contributed by atoms with Crippen molar-refractivity contribution in [1.82, 2.24) is 20.1 Å². The number of carbonyl (C=O) groups is 1. The molecule has 1 aliphatic rings. The molecule has 2 N–H and O–H groups in total. The molecule has 1 aliphatic heterocycles. The quantitative estimate of drug-likeness (QED) is 0.375. The summed E-state index contributed by atoms with van der Waals surface area (Å²) in [6.45, 7) is 6.37. The van der Waals surface area contributed by atoms with Crippen molar-refractivity contribution in [3.05, 3.63) is 78.1 Å². The lowest BCUT2D eigenvalue weighted by molar-refractivity contribution is 0.102. The van der Waals surface area contributed by atoms with Crippen LogP contribution in [0.15, 0.2) is 67.0 Å². The molecule has 0 radical (unpaired) electrons. The van der Waals surface area contributed by atoms with Crippen molar-refractivity contribution in [2.24, 2.45) is 0 Å². The first kappa shape index (κ1) is 23.9. The predicted molar refractivity (Wildman–Crippen MR) is 145 cm³/mol. The van der Waals surface area contributed by atoms with Gasteiger partial charge in [0.15, 0.2) is 5.82 Å². The van der Waals surface area contributed by atoms with Crippen LogP contribution in [0.1, 0.15) is 48.5 Å². The Morgan fingerprint density at radius 2 is 1.81 bits per heavy atom. The summed E-state index contributed by atoms with van der Waals surface area (Å²) in [6.07, 6.45) is 5.91. The minimum atomic E-state index is -0.175. The SMILES string of the molecule is CC(C)Nc1cncc(-c2ccc3nnc(NC(=O)c4cccc(C5CCN(C)CC5)c4)cc3c2)c1. The van der Waals surface area contributed by atoms with E-state index in [4.69, 9.17) is 0 Å². The molecule has 0 unspecified atom stereocenters. The van der Waals surface area contributed by atoms with Gasteiger partial charge >= 0.3 is 0 Å². The van der Waals surface area contributed by atoms with Crippen molar-refractivity contribution < 1.29 is 4.79 Å². The monoisotopic (exact) mass is 480 g/mol. The number of anilines is 2. The number of hydrogen-bond acceptors (Lipinski definition) is 6. The lowest BCUT2D eigenvalue weighted by atomic mass is 9.89. The van der Waals surface area contributed by atoms with Crippen LogP contribution >= 0.6 is 0 Å². The molecule has 36 heavy (non-hydrogen) atoms. The Hall–Kier alpha value is -3.84. The Kier molecular flexibility index (Phi) is 6.91. The van der Waals surface area contributed by atoms with Crippen molar-refractivity contribution in [2.45, 2.75) is 38.6 Å². The number of hydrogen-bond donors (Lipinski definition) is 2. The van der Waals surface area contributed by atoms with E-state index < -0.39 is 0 Å². The van der Waals surface area contributed by atoms with Gasteiger partial charge in [0.2, 0.25) is 0 Å². The second-order valence-electron chi connectivity index (χ2n) is 9.92. The predicted octanol–water partition coefficient (Wildman–Crippen LogP) is 5.57. The average molecular weight is 481 g/mol. The van der Waals surface area contributed by atoms with E-state index in [1.807, 2.05) is 48.8 Å². The summed E-state index contributed by atoms with van der Waals surface area (Å²) in [5.41, 5.74) is 5.65. The zero-order valence-electron chi connectivity index (χ0n) is 21.0. The number of piperidine rings is 1. The maximum atomic E-state index is 13.0. The number of aromatic nitrogens is 3. The van der Waals surface area contributed by atoms with Gasteiger partial charge in [0.05, 0.1) is 11.2 Å². The van der Waals surface area contributed by atoms with Crippen molar-refractivity contribution in [3.63, 3.8) is 0 Å². The van der Waals surface area contributed by atoms with E-state index in [0.29, 0.717) is 23.3 Å². The summed E-state index contributed by atoms with van der Waals surface area (Å²) in [5, 5.41) is 15.8. The van der Waals surface area contributed by atoms with Crippen LogP contribution in [0, 0.1) is 0 Å². The maximum absolute atomic E-state index is 13.0. The highest BCUT2D eigenvalue weighted by atomic mass is 16.1. The molecule has 0 aliphatic carbocycles. The first-order valence-electron chi connectivity index (χ1n) is 12.5. The van der Waals surface area contributed by atoms with Crippen LogP contribution < -0.4 is 10.6 Å². The number of carbonyl (C=O) groups excluding carboxylic acids is 1. The molecule has 1 amide bonds. The van der Waals surface area contributed by atoms with Crippen LogP contribution in [0.4, 0.5) is 11.5 Å². The minimum Gasteiger partial charge on any atom is -0.382 e. The minimum absolute atomic E-state index is 0.175. The van der Waals surface area contributed by atoms with Crippen molar-refractivity contribution in [3.8, 4) is 11.1 Å². The molecule has 1 fully saturated rings. The van der Waals surface area contributed by atoms with Gasteiger partial charge in [-0.2, -0.15) is 0 Å². The maximum Gasteiger partial charge on any atom is 0.256 e. The van der Waals surface area contributed by atoms with E-state index in [1.165, 1.54) is 5.56 Å². The Morgan fingerprint density at radius 1 is 0.972 bits per heavy atom. The largest absolute Gasteiger partial charge is 0.382 e. The first-order valence-corrected chi connectivity index (χ1v) is 12.5. The first-order chi connectivity index (χ1) is 17.4. The average Bonchev–Trinajstić information content (AvgIpc) is 2.88. The zero-order valence-corrected chi connectivity index (χ0v) is 21.0. The molecule has 1 saturated heterocycles. The van der Waals surface area contributed by atoms with Crippen LogP contribution in [-0.4, -0.2) is 52.2 Å². The van der Waals surface area contributed by atoms with Gasteiger partial charge in [0.1, 0.15) is 0 Å². The highest BCUT2D eigenvalue weighted by molar-refractivity contribution is 6.04. The van der Waals surface area contributed by atoms with Crippen LogP contribution in [0.2, 0.25) is 0 Å². The van der Waals surface area contributed by atoms with E-state index in [9.17, 15) is 4.79 Å². The number of fused-ring (bicyclic) bond motifs is 1. The second-order valence-corrected chi connectivity index (χ2v) is 9.92. The number of pyridine rings is 1. The summed E-state index contributed by atoms with van der Waals surface area (Å²) in [5.74, 6) is 0.755. The van der Waals surface area contributed by atoms with Crippen LogP contribution in [0.25, 0.3) is 22.0 Å². The van der Waals surface area contributed by atoms with Gasteiger partial charge in [0, 0.05) is 34.9 Å². The van der Waals surface area contributed by atoms with E-state index in [1.54, 1.807) is 0 Å². The number of amides is 1. The molecule has 184 valence electrons. The third-order valence-corrected chi connectivity index (χ3v) is 6.69. The molecule has 4 aromatic rings. The molecule has 2 aromatic heterocycles. The molecule has 5 rings (SSSR count). The molecular weight excluding hydrogens is 448 g/mol. The topological polar surface area (TPSA) is 83.0 Å². The molecule has 7 heteroatoms. The number of likely N-dealkylation sites (tertiary alicyclic amines) is 1. The normalized spacial score (nSPS) is 14.8. The van der Waals surface area contributed by atoms with Crippen LogP contribution in [0.5, 0.6) is 0 Å². The Bertz CT molecular complexity index is 1380. The molecule has 7 nitrogen and oxygen atoms in total. The van der Waals surface area contributed by atoms with E-state index in [0.717, 1.165) is 53.6 Å². The summed E-state index contributed by atoms with van der Waals surface area (Å²) < 4.78 is 0. The lowest BCUT2D eigenvalue weighted by Gasteiger charge is -2.29. The van der Waals surface area contributed by atoms with Crippen LogP contribution in [0.3, 0.4) is 0 Å². The van der Waals surface area contributed by atoms with E-state index in [2.05, 4.69) is 69.8 Å². The summed E-state index contributed by atoms with van der Waals surface area (Å²) in [7, 11) is 2.16. The second kappa shape index (κ2) is 10.4. The molecule has 0 atom stereocenters. The van der Waals surface area contributed by atoms with Gasteiger partial charge in [-0.1, -0.05) is 18.2 Å². The summed E-state index contributed by atoms with van der Waals surface area (Å²) in [4.78, 5) is 19.8. The van der Waals surface area contributed by atoms with Gasteiger partial charge in [-0.05, 0) is 100 Å². The number of nitrogens with one attached hydrogen (secondary N) is 2. The third-order valence-electron chi connectivity index (χ3n) is 6.69. The number of rotatable bonds is 6. The van der Waals surface area contributed by atoms with Gasteiger partial charge in [0.25, 0.3) is 5.91 Å². The smallest absolute Gasteiger partial charge is 0.256 e. The highest BCUT2D eigenvalue weighted by Crippen LogP contribution is 2.29. The summed E-state index contributed by atoms with van der Waals surface area (Å²) in [6, 6.07) is 18.3. The molecule has 3 heterocycles. The van der Waals surface area contributed by atoms with Gasteiger partial charge < -0.3 is 15.5 Å². The molecule has 0 spiro atoms. The Morgan fingerprint density at radius 3 is 2.61 bits per heavy atom. The number of benzene rings is 2. The van der Waals surface area contributed by atoms with Gasteiger partial charge in [-0.15, -0.1) is 10.2 Å². The fourth-order valence-electron chi connectivity index (χ4n) is 4.76. The molecule has 0 bridgehead atoms. The molecule has 2 aromatic carbocycles. The summed E-state index contributed by atoms with van der Waals surface area (Å²) >= 11 is 0. The van der Waals surface area contributed by atoms with E-state index >= 15 is 0 Å². The van der Waals surface area contributed by atoms with Gasteiger partial charge in [-0.25, -0.2) is 0 Å². The Labute approximate surface area is 212 Å². The molecular formula is C29H32N6O. The Balaban J connectivity index is 1.35. The number of nitrogens with zero attached hydrogens (tertiary/aromatic N) is 4. The van der Waals surface area contributed by atoms with Crippen molar-refractivity contribution in [2.75, 3.05) is 30.8 Å². The molecule has 0 saturated carbocycles. The highest BCUT2D eigenvalue weighted by Gasteiger charge is 2.19. The fourth-order valence-corrected chi connectivity index (χ4v) is 4.76. The van der Waals surface area contributed by atoms with Crippen LogP contribution in [-0.2, 0) is 0 Å². The van der Waals surface area contributed by atoms with Crippen molar-refractivity contribution >= 4 is 28.3 Å². The standard InChI is InChI=1S/C29H32N6O/c1-19(2)31-26-15-25(17-30-18-26)22-7-8-27-24(14-22)16-28(34-33-27)32-29(36)23-6-4-5-21(13-23)20-9-11-35(3)12-10-20/h4-8,13-20,31H,9-12H2,1-3H3,(H,32,34,36). The van der Waals surface area contributed by atoms with Gasteiger partial charge in [-0.3, -0.25) is 9.78 Å². The zero-order chi connectivity index (χ0) is 25.1. The fraction of sp³-hybridized carbons (Fsp3) is 0.310. The van der Waals surface area contributed by atoms with Crippen molar-refractivity contribution in [1.29, 1.82) is 0 Å². The lowest BCUT2D eigenvalue weighted by Crippen LogP contribution is -2.29. The third kappa shape index (κ3) is 5.52.